The predicted octanol–water partition coefficient (Wildman–Crippen LogP) is 11.2. The van der Waals surface area contributed by atoms with Crippen molar-refractivity contribution in [3.05, 3.63) is 198 Å². The topological polar surface area (TPSA) is 3.24 Å². The maximum absolute atomic E-state index is 3.97. The molecule has 6 aromatic carbocycles. The van der Waals surface area contributed by atoms with Gasteiger partial charge in [0.2, 0.25) is 0 Å². The molecule has 0 fully saturated rings. The number of para-hydroxylation sites is 2. The van der Waals surface area contributed by atoms with Crippen molar-refractivity contribution in [2.24, 2.45) is 0 Å². The summed E-state index contributed by atoms with van der Waals surface area (Å²) < 4.78 is 0. The van der Waals surface area contributed by atoms with E-state index in [0.717, 1.165) is 41.0 Å². The fourth-order valence-electron chi connectivity index (χ4n) is 6.87. The first-order valence-electron chi connectivity index (χ1n) is 15.3. The van der Waals surface area contributed by atoms with Gasteiger partial charge in [-0.2, -0.15) is 0 Å². The maximum atomic E-state index is 3.97. The molecule has 1 aliphatic rings. The highest BCUT2D eigenvalue weighted by Crippen LogP contribution is 2.54. The molecular weight excluding hydrogens is 530 g/mol. The Morgan fingerprint density at radius 2 is 0.932 bits per heavy atom. The number of anilines is 3. The Morgan fingerprint density at radius 1 is 0.455 bits per heavy atom. The van der Waals surface area contributed by atoms with Crippen molar-refractivity contribution in [3.8, 4) is 11.1 Å². The zero-order chi connectivity index (χ0) is 29.9. The molecule has 7 rings (SSSR count). The fraction of sp³-hybridized carbons (Fsp3) is 0.0698. The van der Waals surface area contributed by atoms with Gasteiger partial charge in [0, 0.05) is 22.5 Å². The second kappa shape index (κ2) is 11.7. The molecule has 0 spiro atoms. The predicted molar refractivity (Wildman–Crippen MR) is 188 cm³/mol. The fourth-order valence-corrected chi connectivity index (χ4v) is 6.87. The third kappa shape index (κ3) is 4.97. The number of hydrogen-bond acceptors (Lipinski definition) is 1. The molecule has 0 N–H and O–H groups in total. The van der Waals surface area contributed by atoms with Crippen LogP contribution in [-0.2, 0) is 18.3 Å². The van der Waals surface area contributed by atoms with Gasteiger partial charge in [-0.05, 0) is 93.7 Å². The lowest BCUT2D eigenvalue weighted by molar-refractivity contribution is 0.520. The molecule has 0 saturated carbocycles. The van der Waals surface area contributed by atoms with Gasteiger partial charge >= 0.3 is 0 Å². The van der Waals surface area contributed by atoms with E-state index >= 15 is 0 Å². The molecule has 1 heteroatoms. The van der Waals surface area contributed by atoms with Crippen molar-refractivity contribution in [3.63, 3.8) is 0 Å². The molecule has 212 valence electrons. The maximum Gasteiger partial charge on any atom is 0.0465 e. The number of fused-ring (bicyclic) bond motifs is 3. The molecule has 0 aliphatic heterocycles. The smallest absolute Gasteiger partial charge is 0.0465 e. The van der Waals surface area contributed by atoms with Crippen LogP contribution in [0, 0.1) is 0 Å². The second-order valence-corrected chi connectivity index (χ2v) is 11.6. The number of benzene rings is 6. The van der Waals surface area contributed by atoms with Crippen LogP contribution in [0.4, 0.5) is 17.1 Å². The van der Waals surface area contributed by atoms with Crippen LogP contribution < -0.4 is 4.90 Å². The molecule has 0 radical (unpaired) electrons. The quantitative estimate of drug-likeness (QED) is 0.168. The Labute approximate surface area is 261 Å². The van der Waals surface area contributed by atoms with Gasteiger partial charge in [-0.25, -0.2) is 0 Å². The highest BCUT2D eigenvalue weighted by Gasteiger charge is 2.43. The highest BCUT2D eigenvalue weighted by molar-refractivity contribution is 5.86. The van der Waals surface area contributed by atoms with E-state index in [0.29, 0.717) is 0 Å². The third-order valence-electron chi connectivity index (χ3n) is 8.98. The molecule has 0 saturated heterocycles. The number of rotatable bonds is 9. The van der Waals surface area contributed by atoms with E-state index in [1.54, 1.807) is 0 Å². The Balaban J connectivity index is 1.45. The summed E-state index contributed by atoms with van der Waals surface area (Å²) in [6.07, 6.45) is 5.60. The summed E-state index contributed by atoms with van der Waals surface area (Å²) in [5.41, 5.74) is 13.5. The Morgan fingerprint density at radius 3 is 1.45 bits per heavy atom. The summed E-state index contributed by atoms with van der Waals surface area (Å²) >= 11 is 0. The van der Waals surface area contributed by atoms with Crippen LogP contribution in [0.25, 0.3) is 23.3 Å². The van der Waals surface area contributed by atoms with Gasteiger partial charge in [-0.3, -0.25) is 0 Å². The number of nitrogens with zero attached hydrogens (tertiary/aromatic N) is 1. The largest absolute Gasteiger partial charge is 0.310 e. The van der Waals surface area contributed by atoms with Gasteiger partial charge in [0.15, 0.2) is 0 Å². The first-order chi connectivity index (χ1) is 21.7. The minimum atomic E-state index is -0.258. The van der Waals surface area contributed by atoms with Crippen LogP contribution in [0.1, 0.15) is 33.4 Å². The highest BCUT2D eigenvalue weighted by atomic mass is 15.1. The normalized spacial score (nSPS) is 12.6. The van der Waals surface area contributed by atoms with Gasteiger partial charge in [0.25, 0.3) is 0 Å². The Hall–Kier alpha value is -5.40. The SMILES string of the molecule is C=Cc1ccc(CC2(Cc3ccc(C=C)cc3)c3ccccc3-c3ccc(N(c4ccccc4)c4ccccc4)cc32)cc1. The van der Waals surface area contributed by atoms with Crippen LogP contribution in [0.3, 0.4) is 0 Å². The lowest BCUT2D eigenvalue weighted by atomic mass is 9.69. The van der Waals surface area contributed by atoms with Crippen molar-refractivity contribution < 1.29 is 0 Å². The van der Waals surface area contributed by atoms with Crippen LogP contribution >= 0.6 is 0 Å². The zero-order valence-corrected chi connectivity index (χ0v) is 24.9. The first-order valence-corrected chi connectivity index (χ1v) is 15.3. The summed E-state index contributed by atoms with van der Waals surface area (Å²) in [5, 5.41) is 0. The average molecular weight is 566 g/mol. The van der Waals surface area contributed by atoms with E-state index in [1.165, 1.54) is 33.4 Å². The molecule has 6 aromatic rings. The van der Waals surface area contributed by atoms with E-state index in [2.05, 4.69) is 170 Å². The Bertz CT molecular complexity index is 1820. The lowest BCUT2D eigenvalue weighted by Crippen LogP contribution is -2.31. The van der Waals surface area contributed by atoms with Crippen LogP contribution in [0.15, 0.2) is 165 Å². The van der Waals surface area contributed by atoms with Crippen molar-refractivity contribution in [2.45, 2.75) is 18.3 Å². The summed E-state index contributed by atoms with van der Waals surface area (Å²) in [5.74, 6) is 0. The molecule has 0 heterocycles. The molecule has 1 aliphatic carbocycles. The zero-order valence-electron chi connectivity index (χ0n) is 24.9. The summed E-state index contributed by atoms with van der Waals surface area (Å²) in [6, 6.07) is 55.2. The monoisotopic (exact) mass is 565 g/mol. The summed E-state index contributed by atoms with van der Waals surface area (Å²) in [6.45, 7) is 7.94. The standard InChI is InChI=1S/C43H35N/c1-3-32-19-23-34(24-20-32)30-43(31-35-25-21-33(4-2)22-26-35)41-18-12-11-17-39(41)40-28-27-38(29-42(40)43)44(36-13-7-5-8-14-36)37-15-9-6-10-16-37/h3-29H,1-2,30-31H2. The van der Waals surface area contributed by atoms with Crippen molar-refractivity contribution in [1.82, 2.24) is 0 Å². The first kappa shape index (κ1) is 27.4. The lowest BCUT2D eigenvalue weighted by Gasteiger charge is -2.34. The summed E-state index contributed by atoms with van der Waals surface area (Å²) in [7, 11) is 0. The van der Waals surface area contributed by atoms with E-state index in [1.807, 2.05) is 12.2 Å². The molecule has 0 atom stereocenters. The van der Waals surface area contributed by atoms with Crippen LogP contribution in [0.5, 0.6) is 0 Å². The van der Waals surface area contributed by atoms with E-state index in [9.17, 15) is 0 Å². The third-order valence-corrected chi connectivity index (χ3v) is 8.98. The van der Waals surface area contributed by atoms with Crippen molar-refractivity contribution in [2.75, 3.05) is 4.90 Å². The van der Waals surface area contributed by atoms with Gasteiger partial charge < -0.3 is 4.90 Å². The second-order valence-electron chi connectivity index (χ2n) is 11.6. The molecular formula is C43H35N. The van der Waals surface area contributed by atoms with E-state index in [4.69, 9.17) is 0 Å². The minimum Gasteiger partial charge on any atom is -0.310 e. The molecule has 0 amide bonds. The van der Waals surface area contributed by atoms with Gasteiger partial charge in [0.05, 0.1) is 0 Å². The Kier molecular flexibility index (Phi) is 7.30. The molecule has 0 aromatic heterocycles. The summed E-state index contributed by atoms with van der Waals surface area (Å²) in [4.78, 5) is 2.37. The molecule has 0 bridgehead atoms. The molecule has 0 unspecified atom stereocenters. The van der Waals surface area contributed by atoms with Crippen LogP contribution in [0.2, 0.25) is 0 Å². The van der Waals surface area contributed by atoms with Gasteiger partial charge in [0.1, 0.15) is 0 Å². The van der Waals surface area contributed by atoms with Crippen LogP contribution in [-0.4, -0.2) is 0 Å². The number of hydrogen-bond donors (Lipinski definition) is 0. The average Bonchev–Trinajstić information content (AvgIpc) is 3.35. The van der Waals surface area contributed by atoms with Gasteiger partial charge in [-0.1, -0.05) is 141 Å². The van der Waals surface area contributed by atoms with E-state index < -0.39 is 0 Å². The van der Waals surface area contributed by atoms with Gasteiger partial charge in [-0.15, -0.1) is 0 Å². The molecule has 44 heavy (non-hydrogen) atoms. The molecule has 1 nitrogen and oxygen atoms in total. The van der Waals surface area contributed by atoms with E-state index in [-0.39, 0.29) is 5.41 Å². The minimum absolute atomic E-state index is 0.258. The van der Waals surface area contributed by atoms with Crippen molar-refractivity contribution >= 4 is 29.2 Å². The van der Waals surface area contributed by atoms with Crippen molar-refractivity contribution in [1.29, 1.82) is 0 Å².